The summed E-state index contributed by atoms with van der Waals surface area (Å²) in [6.07, 6.45) is 6.33. The topological polar surface area (TPSA) is 38.0 Å². The number of hydrogen-bond donors (Lipinski definition) is 2. The van der Waals surface area contributed by atoms with E-state index in [0.29, 0.717) is 5.41 Å². The molecule has 0 aromatic rings. The van der Waals surface area contributed by atoms with Crippen molar-refractivity contribution in [3.8, 4) is 0 Å². The predicted molar refractivity (Wildman–Crippen MR) is 82.8 cm³/mol. The largest absolute Gasteiger partial charge is 0.330 e. The predicted octanol–water partition coefficient (Wildman–Crippen LogP) is 3.80. The van der Waals surface area contributed by atoms with Crippen molar-refractivity contribution in [1.82, 2.24) is 5.32 Å². The molecule has 110 valence electrons. The molecule has 0 heterocycles. The van der Waals surface area contributed by atoms with Crippen LogP contribution in [0, 0.1) is 17.3 Å². The van der Waals surface area contributed by atoms with E-state index in [1.807, 2.05) is 0 Å². The van der Waals surface area contributed by atoms with Gasteiger partial charge >= 0.3 is 0 Å². The Morgan fingerprint density at radius 1 is 1.06 bits per heavy atom. The van der Waals surface area contributed by atoms with Crippen molar-refractivity contribution in [2.45, 2.75) is 66.7 Å². The highest BCUT2D eigenvalue weighted by molar-refractivity contribution is 4.74. The van der Waals surface area contributed by atoms with Gasteiger partial charge in [-0.15, -0.1) is 0 Å². The Labute approximate surface area is 115 Å². The maximum Gasteiger partial charge on any atom is -0.00207 e. The smallest absolute Gasteiger partial charge is 0.00207 e. The zero-order chi connectivity index (χ0) is 14.0. The van der Waals surface area contributed by atoms with Gasteiger partial charge in [0.1, 0.15) is 0 Å². The van der Waals surface area contributed by atoms with Crippen LogP contribution in [0.5, 0.6) is 0 Å². The summed E-state index contributed by atoms with van der Waals surface area (Å²) in [4.78, 5) is 0. The Bertz CT molecular complexity index is 180. The van der Waals surface area contributed by atoms with E-state index < -0.39 is 0 Å². The van der Waals surface area contributed by atoms with Crippen molar-refractivity contribution in [3.63, 3.8) is 0 Å². The van der Waals surface area contributed by atoms with Crippen LogP contribution in [-0.2, 0) is 0 Å². The fraction of sp³-hybridized carbons (Fsp3) is 1.00. The first kappa shape index (κ1) is 17.9. The molecule has 0 radical (unpaired) electrons. The molecule has 3 N–H and O–H groups in total. The lowest BCUT2D eigenvalue weighted by atomic mass is 9.76. The first-order valence-corrected chi connectivity index (χ1v) is 7.86. The van der Waals surface area contributed by atoms with Crippen LogP contribution in [0.25, 0.3) is 0 Å². The third-order valence-corrected chi connectivity index (χ3v) is 4.23. The molecule has 1 unspecified atom stereocenters. The van der Waals surface area contributed by atoms with Crippen molar-refractivity contribution in [1.29, 1.82) is 0 Å². The standard InChI is InChI=1S/C16H36N2/c1-6-14(7-2)13-18-12-8-9-15(10-11-17)16(3,4)5/h14-15,18H,6-13,17H2,1-5H3. The van der Waals surface area contributed by atoms with Crippen LogP contribution in [0.4, 0.5) is 0 Å². The summed E-state index contributed by atoms with van der Waals surface area (Å²) in [5.74, 6) is 1.62. The van der Waals surface area contributed by atoms with Gasteiger partial charge in [0.15, 0.2) is 0 Å². The molecular weight excluding hydrogens is 220 g/mol. The fourth-order valence-corrected chi connectivity index (χ4v) is 2.57. The Morgan fingerprint density at radius 3 is 2.11 bits per heavy atom. The normalized spacial score (nSPS) is 14.2. The van der Waals surface area contributed by atoms with Gasteiger partial charge in [0.25, 0.3) is 0 Å². The van der Waals surface area contributed by atoms with Gasteiger partial charge in [-0.05, 0) is 56.1 Å². The zero-order valence-electron chi connectivity index (χ0n) is 13.4. The molecule has 0 fully saturated rings. The van der Waals surface area contributed by atoms with Crippen LogP contribution in [0.15, 0.2) is 0 Å². The minimum absolute atomic E-state index is 0.398. The minimum atomic E-state index is 0.398. The fourth-order valence-electron chi connectivity index (χ4n) is 2.57. The molecule has 0 saturated heterocycles. The molecule has 0 spiro atoms. The lowest BCUT2D eigenvalue weighted by Crippen LogP contribution is -2.26. The Morgan fingerprint density at radius 2 is 1.67 bits per heavy atom. The summed E-state index contributed by atoms with van der Waals surface area (Å²) in [5, 5.41) is 3.60. The second-order valence-corrected chi connectivity index (χ2v) is 6.67. The summed E-state index contributed by atoms with van der Waals surface area (Å²) in [6, 6.07) is 0. The van der Waals surface area contributed by atoms with Crippen LogP contribution < -0.4 is 11.1 Å². The van der Waals surface area contributed by atoms with Gasteiger partial charge in [-0.2, -0.15) is 0 Å². The van der Waals surface area contributed by atoms with Gasteiger partial charge in [0, 0.05) is 0 Å². The van der Waals surface area contributed by atoms with Crippen LogP contribution >= 0.6 is 0 Å². The van der Waals surface area contributed by atoms with E-state index in [9.17, 15) is 0 Å². The molecule has 0 saturated carbocycles. The highest BCUT2D eigenvalue weighted by Crippen LogP contribution is 2.31. The highest BCUT2D eigenvalue weighted by Gasteiger charge is 2.22. The molecule has 2 nitrogen and oxygen atoms in total. The number of nitrogens with two attached hydrogens (primary N) is 1. The highest BCUT2D eigenvalue weighted by atomic mass is 14.8. The second-order valence-electron chi connectivity index (χ2n) is 6.67. The van der Waals surface area contributed by atoms with Gasteiger partial charge in [-0.1, -0.05) is 47.5 Å². The van der Waals surface area contributed by atoms with Crippen LogP contribution in [-0.4, -0.2) is 19.6 Å². The minimum Gasteiger partial charge on any atom is -0.330 e. The Kier molecular flexibility index (Phi) is 9.76. The third kappa shape index (κ3) is 8.10. The second kappa shape index (κ2) is 9.80. The van der Waals surface area contributed by atoms with Crippen molar-refractivity contribution in [2.75, 3.05) is 19.6 Å². The van der Waals surface area contributed by atoms with E-state index in [0.717, 1.165) is 31.3 Å². The van der Waals surface area contributed by atoms with Crippen molar-refractivity contribution < 1.29 is 0 Å². The summed E-state index contributed by atoms with van der Waals surface area (Å²) in [5.41, 5.74) is 6.11. The first-order valence-electron chi connectivity index (χ1n) is 7.86. The zero-order valence-corrected chi connectivity index (χ0v) is 13.4. The van der Waals surface area contributed by atoms with Crippen LogP contribution in [0.1, 0.15) is 66.7 Å². The molecular formula is C16H36N2. The molecule has 0 rings (SSSR count). The van der Waals surface area contributed by atoms with E-state index in [1.165, 1.54) is 32.2 Å². The molecule has 0 bridgehead atoms. The van der Waals surface area contributed by atoms with Crippen LogP contribution in [0.3, 0.4) is 0 Å². The van der Waals surface area contributed by atoms with Gasteiger partial charge in [0.05, 0.1) is 0 Å². The third-order valence-electron chi connectivity index (χ3n) is 4.23. The van der Waals surface area contributed by atoms with Crippen molar-refractivity contribution in [2.24, 2.45) is 23.0 Å². The molecule has 0 aliphatic rings. The van der Waals surface area contributed by atoms with Crippen LogP contribution in [0.2, 0.25) is 0 Å². The lowest BCUT2D eigenvalue weighted by Gasteiger charge is -2.30. The number of nitrogens with one attached hydrogen (secondary N) is 1. The molecule has 0 aliphatic carbocycles. The molecule has 0 aromatic carbocycles. The average Bonchev–Trinajstić information content (AvgIpc) is 2.31. The quantitative estimate of drug-likeness (QED) is 0.583. The monoisotopic (exact) mass is 256 g/mol. The van der Waals surface area contributed by atoms with E-state index in [-0.39, 0.29) is 0 Å². The molecule has 18 heavy (non-hydrogen) atoms. The maximum absolute atomic E-state index is 5.72. The van der Waals surface area contributed by atoms with Crippen molar-refractivity contribution >= 4 is 0 Å². The summed E-state index contributed by atoms with van der Waals surface area (Å²) in [7, 11) is 0. The van der Waals surface area contributed by atoms with Gasteiger partial charge in [-0.25, -0.2) is 0 Å². The van der Waals surface area contributed by atoms with E-state index in [4.69, 9.17) is 5.73 Å². The Balaban J connectivity index is 3.74. The summed E-state index contributed by atoms with van der Waals surface area (Å²) < 4.78 is 0. The molecule has 0 aliphatic heterocycles. The first-order chi connectivity index (χ1) is 8.45. The van der Waals surface area contributed by atoms with Gasteiger partial charge < -0.3 is 11.1 Å². The van der Waals surface area contributed by atoms with E-state index in [1.54, 1.807) is 0 Å². The number of rotatable bonds is 10. The molecule has 2 heteroatoms. The maximum atomic E-state index is 5.72. The van der Waals surface area contributed by atoms with Gasteiger partial charge in [0.2, 0.25) is 0 Å². The molecule has 1 atom stereocenters. The van der Waals surface area contributed by atoms with Crippen molar-refractivity contribution in [3.05, 3.63) is 0 Å². The SMILES string of the molecule is CCC(CC)CNCCCC(CCN)C(C)(C)C. The van der Waals surface area contributed by atoms with E-state index in [2.05, 4.69) is 39.9 Å². The summed E-state index contributed by atoms with van der Waals surface area (Å²) in [6.45, 7) is 14.8. The molecule has 0 amide bonds. The van der Waals surface area contributed by atoms with Gasteiger partial charge in [-0.3, -0.25) is 0 Å². The number of hydrogen-bond acceptors (Lipinski definition) is 2. The van der Waals surface area contributed by atoms with E-state index >= 15 is 0 Å². The average molecular weight is 256 g/mol. The Hall–Kier alpha value is -0.0800. The summed E-state index contributed by atoms with van der Waals surface area (Å²) >= 11 is 0. The molecule has 0 aromatic heterocycles. The lowest BCUT2D eigenvalue weighted by molar-refractivity contribution is 0.210.